The Bertz CT molecular complexity index is 198. The third kappa shape index (κ3) is 2.84. The van der Waals surface area contributed by atoms with Crippen molar-refractivity contribution in [2.24, 2.45) is 5.92 Å². The topological polar surface area (TPSA) is 46.5 Å². The molecule has 0 saturated heterocycles. The van der Waals surface area contributed by atoms with Gasteiger partial charge in [-0.3, -0.25) is 0 Å². The number of aliphatic hydroxyl groups is 1. The molecular weight excluding hydrogens is 168 g/mol. The zero-order chi connectivity index (χ0) is 9.68. The number of carbonyl (C=O) groups excluding carboxylic acids is 1. The lowest BCUT2D eigenvalue weighted by Gasteiger charge is -2.16. The van der Waals surface area contributed by atoms with Crippen molar-refractivity contribution >= 4 is 5.97 Å². The SMILES string of the molecule is C/C=C/C(=O)O[C@@H]1CCC[C@@H]1CO. The van der Waals surface area contributed by atoms with E-state index in [-0.39, 0.29) is 24.6 Å². The van der Waals surface area contributed by atoms with Gasteiger partial charge in [-0.25, -0.2) is 4.79 Å². The largest absolute Gasteiger partial charge is 0.459 e. The molecule has 0 aromatic heterocycles. The fraction of sp³-hybridized carbons (Fsp3) is 0.700. The Kier molecular flexibility index (Phi) is 3.96. The van der Waals surface area contributed by atoms with E-state index in [0.29, 0.717) is 0 Å². The van der Waals surface area contributed by atoms with Crippen molar-refractivity contribution in [3.8, 4) is 0 Å². The van der Waals surface area contributed by atoms with Crippen molar-refractivity contribution in [2.75, 3.05) is 6.61 Å². The molecule has 0 spiro atoms. The summed E-state index contributed by atoms with van der Waals surface area (Å²) in [7, 11) is 0. The van der Waals surface area contributed by atoms with Crippen LogP contribution in [-0.2, 0) is 9.53 Å². The Morgan fingerprint density at radius 3 is 3.00 bits per heavy atom. The van der Waals surface area contributed by atoms with E-state index in [0.717, 1.165) is 19.3 Å². The molecule has 1 N–H and O–H groups in total. The first kappa shape index (κ1) is 10.3. The van der Waals surface area contributed by atoms with E-state index in [9.17, 15) is 4.79 Å². The summed E-state index contributed by atoms with van der Waals surface area (Å²) in [4.78, 5) is 11.1. The molecule has 74 valence electrons. The molecule has 1 fully saturated rings. The summed E-state index contributed by atoms with van der Waals surface area (Å²) in [5.74, 6) is -0.151. The number of allylic oxidation sites excluding steroid dienone is 1. The van der Waals surface area contributed by atoms with Gasteiger partial charge in [0.2, 0.25) is 0 Å². The van der Waals surface area contributed by atoms with Crippen molar-refractivity contribution in [1.82, 2.24) is 0 Å². The third-order valence-corrected chi connectivity index (χ3v) is 2.39. The van der Waals surface area contributed by atoms with E-state index in [2.05, 4.69) is 0 Å². The molecule has 13 heavy (non-hydrogen) atoms. The zero-order valence-electron chi connectivity index (χ0n) is 7.90. The molecule has 1 aliphatic rings. The third-order valence-electron chi connectivity index (χ3n) is 2.39. The first-order chi connectivity index (χ1) is 6.27. The van der Waals surface area contributed by atoms with Gasteiger partial charge in [0.1, 0.15) is 6.10 Å². The molecule has 2 atom stereocenters. The summed E-state index contributed by atoms with van der Waals surface area (Å²) >= 11 is 0. The van der Waals surface area contributed by atoms with E-state index in [1.807, 2.05) is 0 Å². The maximum Gasteiger partial charge on any atom is 0.330 e. The van der Waals surface area contributed by atoms with E-state index in [1.54, 1.807) is 13.0 Å². The summed E-state index contributed by atoms with van der Waals surface area (Å²) < 4.78 is 5.17. The molecule has 1 aliphatic carbocycles. The van der Waals surface area contributed by atoms with Gasteiger partial charge in [0.15, 0.2) is 0 Å². The summed E-state index contributed by atoms with van der Waals surface area (Å²) in [5, 5.41) is 8.97. The summed E-state index contributed by atoms with van der Waals surface area (Å²) in [6.07, 6.45) is 5.88. The van der Waals surface area contributed by atoms with Crippen molar-refractivity contribution in [3.05, 3.63) is 12.2 Å². The van der Waals surface area contributed by atoms with Crippen LogP contribution in [0.4, 0.5) is 0 Å². The molecule has 0 heterocycles. The molecule has 1 rings (SSSR count). The minimum Gasteiger partial charge on any atom is -0.459 e. The quantitative estimate of drug-likeness (QED) is 0.530. The molecule has 0 amide bonds. The molecule has 0 aliphatic heterocycles. The van der Waals surface area contributed by atoms with Crippen LogP contribution in [0.5, 0.6) is 0 Å². The molecule has 0 unspecified atom stereocenters. The van der Waals surface area contributed by atoms with Gasteiger partial charge in [0.25, 0.3) is 0 Å². The smallest absolute Gasteiger partial charge is 0.330 e. The number of hydrogen-bond acceptors (Lipinski definition) is 3. The normalized spacial score (nSPS) is 28.2. The Balaban J connectivity index is 2.39. The Morgan fingerprint density at radius 2 is 2.38 bits per heavy atom. The maximum absolute atomic E-state index is 11.1. The number of rotatable bonds is 3. The molecule has 1 saturated carbocycles. The maximum atomic E-state index is 11.1. The van der Waals surface area contributed by atoms with Gasteiger partial charge in [-0.05, 0) is 26.2 Å². The van der Waals surface area contributed by atoms with Gasteiger partial charge in [-0.15, -0.1) is 0 Å². The molecular formula is C10H16O3. The summed E-state index contributed by atoms with van der Waals surface area (Å²) in [6.45, 7) is 1.90. The van der Waals surface area contributed by atoms with Gasteiger partial charge in [-0.2, -0.15) is 0 Å². The Hall–Kier alpha value is -0.830. The second kappa shape index (κ2) is 5.02. The monoisotopic (exact) mass is 184 g/mol. The number of esters is 1. The van der Waals surface area contributed by atoms with Crippen LogP contribution in [0.1, 0.15) is 26.2 Å². The molecule has 0 bridgehead atoms. The van der Waals surface area contributed by atoms with Gasteiger partial charge in [-0.1, -0.05) is 6.08 Å². The van der Waals surface area contributed by atoms with Crippen molar-refractivity contribution < 1.29 is 14.6 Å². The van der Waals surface area contributed by atoms with Gasteiger partial charge < -0.3 is 9.84 Å². The van der Waals surface area contributed by atoms with Gasteiger partial charge >= 0.3 is 5.97 Å². The minimum absolute atomic E-state index is 0.0753. The molecule has 3 heteroatoms. The van der Waals surface area contributed by atoms with Crippen LogP contribution in [-0.4, -0.2) is 23.8 Å². The van der Waals surface area contributed by atoms with Crippen LogP contribution in [0.3, 0.4) is 0 Å². The van der Waals surface area contributed by atoms with E-state index in [4.69, 9.17) is 9.84 Å². The van der Waals surface area contributed by atoms with E-state index in [1.165, 1.54) is 6.08 Å². The summed E-state index contributed by atoms with van der Waals surface area (Å²) in [6, 6.07) is 0. The van der Waals surface area contributed by atoms with Crippen LogP contribution in [0, 0.1) is 5.92 Å². The fourth-order valence-electron chi connectivity index (χ4n) is 1.69. The molecule has 3 nitrogen and oxygen atoms in total. The number of hydrogen-bond donors (Lipinski definition) is 1. The zero-order valence-corrected chi connectivity index (χ0v) is 7.90. The highest BCUT2D eigenvalue weighted by Crippen LogP contribution is 2.27. The van der Waals surface area contributed by atoms with Crippen LogP contribution < -0.4 is 0 Å². The number of carbonyl (C=O) groups is 1. The van der Waals surface area contributed by atoms with Crippen molar-refractivity contribution in [2.45, 2.75) is 32.3 Å². The highest BCUT2D eigenvalue weighted by molar-refractivity contribution is 5.81. The van der Waals surface area contributed by atoms with Crippen LogP contribution >= 0.6 is 0 Å². The summed E-state index contributed by atoms with van der Waals surface area (Å²) in [5.41, 5.74) is 0. The Morgan fingerprint density at radius 1 is 1.62 bits per heavy atom. The average Bonchev–Trinajstić information content (AvgIpc) is 2.52. The van der Waals surface area contributed by atoms with Gasteiger partial charge in [0, 0.05) is 18.6 Å². The lowest BCUT2D eigenvalue weighted by molar-refractivity contribution is -0.145. The second-order valence-electron chi connectivity index (χ2n) is 3.35. The van der Waals surface area contributed by atoms with Crippen molar-refractivity contribution in [3.63, 3.8) is 0 Å². The van der Waals surface area contributed by atoms with Crippen molar-refractivity contribution in [1.29, 1.82) is 0 Å². The van der Waals surface area contributed by atoms with Gasteiger partial charge in [0.05, 0.1) is 0 Å². The van der Waals surface area contributed by atoms with E-state index < -0.39 is 0 Å². The highest BCUT2D eigenvalue weighted by Gasteiger charge is 2.29. The first-order valence-electron chi connectivity index (χ1n) is 4.72. The lowest BCUT2D eigenvalue weighted by Crippen LogP contribution is -2.23. The standard InChI is InChI=1S/C10H16O3/c1-2-4-10(12)13-9-6-3-5-8(9)7-11/h2,4,8-9,11H,3,5-7H2,1H3/b4-2+/t8-,9-/m1/s1. The first-order valence-corrected chi connectivity index (χ1v) is 4.72. The van der Waals surface area contributed by atoms with Crippen LogP contribution in [0.15, 0.2) is 12.2 Å². The van der Waals surface area contributed by atoms with Crippen LogP contribution in [0.2, 0.25) is 0 Å². The van der Waals surface area contributed by atoms with E-state index >= 15 is 0 Å². The number of ether oxygens (including phenoxy) is 1. The molecule has 0 aromatic carbocycles. The Labute approximate surface area is 78.4 Å². The fourth-order valence-corrected chi connectivity index (χ4v) is 1.69. The predicted octanol–water partition coefficient (Wildman–Crippen LogP) is 1.27. The highest BCUT2D eigenvalue weighted by atomic mass is 16.5. The minimum atomic E-state index is -0.298. The van der Waals surface area contributed by atoms with Crippen LogP contribution in [0.25, 0.3) is 0 Å². The number of aliphatic hydroxyl groups excluding tert-OH is 1. The second-order valence-corrected chi connectivity index (χ2v) is 3.35. The lowest BCUT2D eigenvalue weighted by atomic mass is 10.1. The molecule has 0 radical (unpaired) electrons. The molecule has 0 aromatic rings. The predicted molar refractivity (Wildman–Crippen MR) is 49.1 cm³/mol. The average molecular weight is 184 g/mol.